The summed E-state index contributed by atoms with van der Waals surface area (Å²) < 4.78 is 0. The summed E-state index contributed by atoms with van der Waals surface area (Å²) in [4.78, 5) is 7.06. The molecule has 2 aromatic rings. The van der Waals surface area contributed by atoms with Gasteiger partial charge in [-0.15, -0.1) is 0 Å². The lowest BCUT2D eigenvalue weighted by molar-refractivity contribution is 0.682. The van der Waals surface area contributed by atoms with Crippen molar-refractivity contribution in [1.82, 2.24) is 15.3 Å². The van der Waals surface area contributed by atoms with E-state index < -0.39 is 0 Å². The molecule has 1 aromatic carbocycles. The summed E-state index contributed by atoms with van der Waals surface area (Å²) >= 11 is 0. The molecule has 1 aromatic heterocycles. The van der Waals surface area contributed by atoms with Crippen molar-refractivity contribution >= 4 is 0 Å². The summed E-state index contributed by atoms with van der Waals surface area (Å²) in [6, 6.07) is 10.3. The van der Waals surface area contributed by atoms with Crippen LogP contribution < -0.4 is 5.32 Å². The number of nitrogens with one attached hydrogen (secondary N) is 2. The zero-order valence-electron chi connectivity index (χ0n) is 7.90. The molecule has 0 saturated heterocycles. The molecular weight excluding hydrogens is 174 g/mol. The Balaban J connectivity index is 1.79. The van der Waals surface area contributed by atoms with Crippen molar-refractivity contribution in [2.24, 2.45) is 0 Å². The van der Waals surface area contributed by atoms with Crippen LogP contribution in [-0.4, -0.2) is 9.97 Å². The van der Waals surface area contributed by atoms with E-state index in [1.807, 2.05) is 24.4 Å². The van der Waals surface area contributed by atoms with Gasteiger partial charge in [-0.3, -0.25) is 0 Å². The molecule has 0 radical (unpaired) electrons. The molecule has 0 unspecified atom stereocenters. The van der Waals surface area contributed by atoms with Crippen molar-refractivity contribution in [3.8, 4) is 0 Å². The third kappa shape index (κ3) is 2.44. The van der Waals surface area contributed by atoms with Crippen molar-refractivity contribution in [3.05, 3.63) is 54.1 Å². The van der Waals surface area contributed by atoms with E-state index in [-0.39, 0.29) is 0 Å². The summed E-state index contributed by atoms with van der Waals surface area (Å²) in [5.74, 6) is 0. The van der Waals surface area contributed by atoms with Crippen molar-refractivity contribution in [3.63, 3.8) is 0 Å². The van der Waals surface area contributed by atoms with E-state index in [2.05, 4.69) is 27.4 Å². The second kappa shape index (κ2) is 4.58. The fourth-order valence-electron chi connectivity index (χ4n) is 1.32. The molecular formula is C11H13N3. The van der Waals surface area contributed by atoms with E-state index in [1.54, 1.807) is 6.33 Å². The zero-order chi connectivity index (χ0) is 9.64. The molecule has 0 saturated carbocycles. The van der Waals surface area contributed by atoms with Crippen molar-refractivity contribution in [1.29, 1.82) is 0 Å². The number of rotatable bonds is 4. The fourth-order valence-corrected chi connectivity index (χ4v) is 1.32. The van der Waals surface area contributed by atoms with Crippen LogP contribution in [0.2, 0.25) is 0 Å². The van der Waals surface area contributed by atoms with Gasteiger partial charge < -0.3 is 10.3 Å². The number of imidazole rings is 1. The average Bonchev–Trinajstić information content (AvgIpc) is 2.72. The standard InChI is InChI=1S/C11H13N3/c1-2-4-10(5-3-1)6-12-7-11-8-13-9-14-11/h1-5,8-9,12H,6-7H2,(H,13,14). The number of hydrogen-bond acceptors (Lipinski definition) is 2. The van der Waals surface area contributed by atoms with E-state index in [0.717, 1.165) is 18.8 Å². The SMILES string of the molecule is c1ccc(CNCc2c[nH]cn2)cc1. The van der Waals surface area contributed by atoms with Crippen LogP contribution in [0, 0.1) is 0 Å². The maximum absolute atomic E-state index is 4.13. The molecule has 0 aliphatic rings. The fraction of sp³-hybridized carbons (Fsp3) is 0.182. The van der Waals surface area contributed by atoms with Gasteiger partial charge in [-0.05, 0) is 5.56 Å². The van der Waals surface area contributed by atoms with Crippen LogP contribution in [-0.2, 0) is 13.1 Å². The van der Waals surface area contributed by atoms with Gasteiger partial charge in [0.05, 0.1) is 12.0 Å². The Kier molecular flexibility index (Phi) is 2.93. The van der Waals surface area contributed by atoms with E-state index in [1.165, 1.54) is 5.56 Å². The topological polar surface area (TPSA) is 40.7 Å². The Morgan fingerprint density at radius 3 is 2.71 bits per heavy atom. The monoisotopic (exact) mass is 187 g/mol. The normalized spacial score (nSPS) is 10.3. The summed E-state index contributed by atoms with van der Waals surface area (Å²) in [5, 5.41) is 3.32. The largest absolute Gasteiger partial charge is 0.351 e. The molecule has 3 nitrogen and oxygen atoms in total. The third-order valence-corrected chi connectivity index (χ3v) is 2.03. The number of H-pyrrole nitrogens is 1. The molecule has 0 atom stereocenters. The molecule has 0 spiro atoms. The Labute approximate surface area is 83.2 Å². The maximum atomic E-state index is 4.13. The lowest BCUT2D eigenvalue weighted by atomic mass is 10.2. The maximum Gasteiger partial charge on any atom is 0.0923 e. The number of hydrogen-bond donors (Lipinski definition) is 2. The number of aromatic amines is 1. The molecule has 0 aliphatic heterocycles. The second-order valence-corrected chi connectivity index (χ2v) is 3.15. The first kappa shape index (κ1) is 8.97. The summed E-state index contributed by atoms with van der Waals surface area (Å²) in [6.45, 7) is 1.69. The highest BCUT2D eigenvalue weighted by molar-refractivity contribution is 5.14. The minimum Gasteiger partial charge on any atom is -0.351 e. The molecule has 72 valence electrons. The average molecular weight is 187 g/mol. The number of nitrogens with zero attached hydrogens (tertiary/aromatic N) is 1. The number of aromatic nitrogens is 2. The Hall–Kier alpha value is -1.61. The molecule has 14 heavy (non-hydrogen) atoms. The molecule has 3 heteroatoms. The first-order valence-corrected chi connectivity index (χ1v) is 4.67. The van der Waals surface area contributed by atoms with E-state index in [0.29, 0.717) is 0 Å². The lowest BCUT2D eigenvalue weighted by Gasteiger charge is -2.01. The Bertz CT molecular complexity index is 353. The quantitative estimate of drug-likeness (QED) is 0.764. The smallest absolute Gasteiger partial charge is 0.0923 e. The van der Waals surface area contributed by atoms with E-state index in [4.69, 9.17) is 0 Å². The summed E-state index contributed by atoms with van der Waals surface area (Å²) in [5.41, 5.74) is 2.34. The first-order valence-electron chi connectivity index (χ1n) is 4.67. The van der Waals surface area contributed by atoms with Gasteiger partial charge in [-0.2, -0.15) is 0 Å². The minimum atomic E-state index is 0.804. The van der Waals surface area contributed by atoms with Gasteiger partial charge in [0.2, 0.25) is 0 Å². The van der Waals surface area contributed by atoms with Crippen LogP contribution >= 0.6 is 0 Å². The van der Waals surface area contributed by atoms with Crippen molar-refractivity contribution in [2.75, 3.05) is 0 Å². The van der Waals surface area contributed by atoms with E-state index in [9.17, 15) is 0 Å². The predicted octanol–water partition coefficient (Wildman–Crippen LogP) is 1.70. The summed E-state index contributed by atoms with van der Waals surface area (Å²) in [6.07, 6.45) is 3.59. The van der Waals surface area contributed by atoms with Gasteiger partial charge in [0.25, 0.3) is 0 Å². The lowest BCUT2D eigenvalue weighted by Crippen LogP contribution is -2.12. The van der Waals surface area contributed by atoms with Crippen molar-refractivity contribution < 1.29 is 0 Å². The van der Waals surface area contributed by atoms with Crippen molar-refractivity contribution in [2.45, 2.75) is 13.1 Å². The van der Waals surface area contributed by atoms with Gasteiger partial charge in [0.1, 0.15) is 0 Å². The highest BCUT2D eigenvalue weighted by atomic mass is 14.9. The molecule has 0 amide bonds. The zero-order valence-corrected chi connectivity index (χ0v) is 7.90. The highest BCUT2D eigenvalue weighted by Crippen LogP contribution is 1.98. The van der Waals surface area contributed by atoms with Crippen LogP contribution in [0.3, 0.4) is 0 Å². The van der Waals surface area contributed by atoms with Crippen LogP contribution in [0.15, 0.2) is 42.9 Å². The molecule has 2 N–H and O–H groups in total. The van der Waals surface area contributed by atoms with Crippen LogP contribution in [0.5, 0.6) is 0 Å². The Morgan fingerprint density at radius 1 is 1.14 bits per heavy atom. The van der Waals surface area contributed by atoms with Gasteiger partial charge in [0.15, 0.2) is 0 Å². The van der Waals surface area contributed by atoms with Gasteiger partial charge >= 0.3 is 0 Å². The first-order chi connectivity index (χ1) is 6.95. The molecule has 0 fully saturated rings. The van der Waals surface area contributed by atoms with Crippen LogP contribution in [0.25, 0.3) is 0 Å². The van der Waals surface area contributed by atoms with E-state index >= 15 is 0 Å². The van der Waals surface area contributed by atoms with Gasteiger partial charge in [-0.25, -0.2) is 4.98 Å². The highest BCUT2D eigenvalue weighted by Gasteiger charge is 1.93. The molecule has 1 heterocycles. The van der Waals surface area contributed by atoms with Gasteiger partial charge in [0, 0.05) is 19.3 Å². The van der Waals surface area contributed by atoms with Crippen LogP contribution in [0.1, 0.15) is 11.3 Å². The second-order valence-electron chi connectivity index (χ2n) is 3.15. The molecule has 0 bridgehead atoms. The minimum absolute atomic E-state index is 0.804. The molecule has 2 rings (SSSR count). The van der Waals surface area contributed by atoms with Gasteiger partial charge in [-0.1, -0.05) is 30.3 Å². The number of benzene rings is 1. The Morgan fingerprint density at radius 2 is 2.00 bits per heavy atom. The van der Waals surface area contributed by atoms with Crippen LogP contribution in [0.4, 0.5) is 0 Å². The third-order valence-electron chi connectivity index (χ3n) is 2.03. The summed E-state index contributed by atoms with van der Waals surface area (Å²) in [7, 11) is 0. The molecule has 0 aliphatic carbocycles. The predicted molar refractivity (Wildman–Crippen MR) is 55.6 cm³/mol.